The van der Waals surface area contributed by atoms with Crippen molar-refractivity contribution in [2.24, 2.45) is 0 Å². The fourth-order valence-corrected chi connectivity index (χ4v) is 0.896. The SMILES string of the molecule is C=C(C)CC(O)CCOCC(F)F. The predicted molar refractivity (Wildman–Crippen MR) is 46.9 cm³/mol. The van der Waals surface area contributed by atoms with E-state index in [1.54, 1.807) is 0 Å². The van der Waals surface area contributed by atoms with Gasteiger partial charge in [0.25, 0.3) is 6.43 Å². The van der Waals surface area contributed by atoms with Gasteiger partial charge in [0.15, 0.2) is 0 Å². The summed E-state index contributed by atoms with van der Waals surface area (Å²) in [6, 6.07) is 0. The molecule has 1 atom stereocenters. The van der Waals surface area contributed by atoms with Gasteiger partial charge in [-0.25, -0.2) is 8.78 Å². The smallest absolute Gasteiger partial charge is 0.261 e. The van der Waals surface area contributed by atoms with Gasteiger partial charge < -0.3 is 9.84 Å². The zero-order valence-electron chi connectivity index (χ0n) is 7.80. The van der Waals surface area contributed by atoms with E-state index in [1.807, 2.05) is 6.92 Å². The molecule has 0 aliphatic carbocycles. The second-order valence-electron chi connectivity index (χ2n) is 3.07. The Labute approximate surface area is 77.2 Å². The Hall–Kier alpha value is -0.480. The van der Waals surface area contributed by atoms with Crippen LogP contribution in [-0.2, 0) is 4.74 Å². The van der Waals surface area contributed by atoms with Gasteiger partial charge in [-0.15, -0.1) is 6.58 Å². The average molecular weight is 194 g/mol. The summed E-state index contributed by atoms with van der Waals surface area (Å²) in [7, 11) is 0. The van der Waals surface area contributed by atoms with Crippen molar-refractivity contribution in [1.82, 2.24) is 0 Å². The van der Waals surface area contributed by atoms with Crippen LogP contribution in [0.15, 0.2) is 12.2 Å². The third-order valence-corrected chi connectivity index (χ3v) is 1.42. The van der Waals surface area contributed by atoms with Crippen molar-refractivity contribution in [1.29, 1.82) is 0 Å². The lowest BCUT2D eigenvalue weighted by molar-refractivity contribution is 0.00514. The molecule has 1 unspecified atom stereocenters. The summed E-state index contributed by atoms with van der Waals surface area (Å²) in [5, 5.41) is 9.26. The lowest BCUT2D eigenvalue weighted by Gasteiger charge is -2.10. The van der Waals surface area contributed by atoms with Crippen molar-refractivity contribution in [3.8, 4) is 0 Å². The van der Waals surface area contributed by atoms with Crippen LogP contribution in [0.2, 0.25) is 0 Å². The molecule has 0 heterocycles. The molecule has 0 spiro atoms. The van der Waals surface area contributed by atoms with Crippen molar-refractivity contribution in [3.63, 3.8) is 0 Å². The van der Waals surface area contributed by atoms with Crippen LogP contribution in [0.4, 0.5) is 8.78 Å². The quantitative estimate of drug-likeness (QED) is 0.496. The summed E-state index contributed by atoms with van der Waals surface area (Å²) in [5.41, 5.74) is 0.876. The van der Waals surface area contributed by atoms with Crippen LogP contribution in [0.25, 0.3) is 0 Å². The normalized spacial score (nSPS) is 13.3. The Morgan fingerprint density at radius 2 is 2.15 bits per heavy atom. The lowest BCUT2D eigenvalue weighted by Crippen LogP contribution is -2.13. The summed E-state index contributed by atoms with van der Waals surface area (Å²) in [6.07, 6.45) is -2.09. The standard InChI is InChI=1S/C9H16F2O2/c1-7(2)5-8(12)3-4-13-6-9(10)11/h8-9,12H,1,3-6H2,2H3. The first-order valence-electron chi connectivity index (χ1n) is 4.20. The summed E-state index contributed by atoms with van der Waals surface area (Å²) >= 11 is 0. The number of ether oxygens (including phenoxy) is 1. The first kappa shape index (κ1) is 12.5. The summed E-state index contributed by atoms with van der Waals surface area (Å²) in [5.74, 6) is 0. The largest absolute Gasteiger partial charge is 0.393 e. The molecule has 0 aromatic carbocycles. The summed E-state index contributed by atoms with van der Waals surface area (Å²) in [4.78, 5) is 0. The molecule has 0 aliphatic rings. The van der Waals surface area contributed by atoms with Crippen LogP contribution in [0, 0.1) is 0 Å². The molecule has 2 nitrogen and oxygen atoms in total. The molecule has 0 aromatic rings. The van der Waals surface area contributed by atoms with Crippen LogP contribution in [0.3, 0.4) is 0 Å². The molecule has 0 saturated carbocycles. The van der Waals surface area contributed by atoms with E-state index in [4.69, 9.17) is 0 Å². The second kappa shape index (κ2) is 6.97. The maximum Gasteiger partial charge on any atom is 0.261 e. The Balaban J connectivity index is 3.26. The van der Waals surface area contributed by atoms with E-state index in [0.717, 1.165) is 5.57 Å². The van der Waals surface area contributed by atoms with Gasteiger partial charge in [0.1, 0.15) is 6.61 Å². The van der Waals surface area contributed by atoms with Gasteiger partial charge >= 0.3 is 0 Å². The van der Waals surface area contributed by atoms with Crippen LogP contribution >= 0.6 is 0 Å². The van der Waals surface area contributed by atoms with E-state index in [2.05, 4.69) is 11.3 Å². The van der Waals surface area contributed by atoms with Gasteiger partial charge in [-0.1, -0.05) is 5.57 Å². The van der Waals surface area contributed by atoms with E-state index < -0.39 is 19.1 Å². The van der Waals surface area contributed by atoms with E-state index in [1.165, 1.54) is 0 Å². The third-order valence-electron chi connectivity index (χ3n) is 1.42. The maximum atomic E-state index is 11.6. The molecule has 0 radical (unpaired) electrons. The maximum absolute atomic E-state index is 11.6. The number of alkyl halides is 2. The third kappa shape index (κ3) is 9.43. The van der Waals surface area contributed by atoms with Crippen molar-refractivity contribution in [2.75, 3.05) is 13.2 Å². The van der Waals surface area contributed by atoms with Crippen LogP contribution in [-0.4, -0.2) is 30.8 Å². The Morgan fingerprint density at radius 3 is 2.62 bits per heavy atom. The van der Waals surface area contributed by atoms with E-state index >= 15 is 0 Å². The van der Waals surface area contributed by atoms with Gasteiger partial charge in [-0.2, -0.15) is 0 Å². The fourth-order valence-electron chi connectivity index (χ4n) is 0.896. The minimum atomic E-state index is -2.43. The van der Waals surface area contributed by atoms with Crippen molar-refractivity contribution in [3.05, 3.63) is 12.2 Å². The lowest BCUT2D eigenvalue weighted by atomic mass is 10.1. The van der Waals surface area contributed by atoms with Crippen molar-refractivity contribution >= 4 is 0 Å². The van der Waals surface area contributed by atoms with Gasteiger partial charge in [0.05, 0.1) is 6.10 Å². The highest BCUT2D eigenvalue weighted by molar-refractivity contribution is 4.90. The zero-order valence-corrected chi connectivity index (χ0v) is 7.80. The molecule has 1 N–H and O–H groups in total. The average Bonchev–Trinajstić information content (AvgIpc) is 1.96. The minimum absolute atomic E-state index is 0.165. The molecule has 78 valence electrons. The van der Waals surface area contributed by atoms with Gasteiger partial charge in [-0.3, -0.25) is 0 Å². The first-order valence-corrected chi connectivity index (χ1v) is 4.20. The highest BCUT2D eigenvalue weighted by Crippen LogP contribution is 2.05. The number of rotatable bonds is 7. The van der Waals surface area contributed by atoms with Gasteiger partial charge in [0, 0.05) is 6.61 Å². The Morgan fingerprint density at radius 1 is 1.54 bits per heavy atom. The number of hydrogen-bond acceptors (Lipinski definition) is 2. The molecule has 0 saturated heterocycles. The first-order chi connectivity index (χ1) is 6.02. The summed E-state index contributed by atoms with van der Waals surface area (Å²) < 4.78 is 27.7. The topological polar surface area (TPSA) is 29.5 Å². The highest BCUT2D eigenvalue weighted by Gasteiger charge is 2.06. The predicted octanol–water partition coefficient (Wildman–Crippen LogP) is 1.99. The Bertz CT molecular complexity index is 149. The highest BCUT2D eigenvalue weighted by atomic mass is 19.3. The molecule has 4 heteroatoms. The minimum Gasteiger partial charge on any atom is -0.393 e. The zero-order chi connectivity index (χ0) is 10.3. The van der Waals surface area contributed by atoms with Crippen LogP contribution in [0.5, 0.6) is 0 Å². The number of hydrogen-bond donors (Lipinski definition) is 1. The van der Waals surface area contributed by atoms with Gasteiger partial charge in [0.2, 0.25) is 0 Å². The van der Waals surface area contributed by atoms with Crippen molar-refractivity contribution in [2.45, 2.75) is 32.3 Å². The molecule has 0 fully saturated rings. The monoisotopic (exact) mass is 194 g/mol. The number of halogens is 2. The van der Waals surface area contributed by atoms with Gasteiger partial charge in [-0.05, 0) is 19.8 Å². The molecule has 0 rings (SSSR count). The van der Waals surface area contributed by atoms with Crippen LogP contribution in [0.1, 0.15) is 19.8 Å². The van der Waals surface area contributed by atoms with Crippen LogP contribution < -0.4 is 0 Å². The molecular weight excluding hydrogens is 178 g/mol. The summed E-state index contributed by atoms with van der Waals surface area (Å²) in [6.45, 7) is 5.05. The number of aliphatic hydroxyl groups is 1. The molecule has 0 bridgehead atoms. The fraction of sp³-hybridized carbons (Fsp3) is 0.778. The molecule has 0 amide bonds. The van der Waals surface area contributed by atoms with E-state index in [-0.39, 0.29) is 6.61 Å². The Kier molecular flexibility index (Phi) is 6.72. The molecule has 13 heavy (non-hydrogen) atoms. The van der Waals surface area contributed by atoms with Crippen molar-refractivity contribution < 1.29 is 18.6 Å². The molecular formula is C9H16F2O2. The number of aliphatic hydroxyl groups excluding tert-OH is 1. The molecule has 0 aromatic heterocycles. The van der Waals surface area contributed by atoms with E-state index in [9.17, 15) is 13.9 Å². The van der Waals surface area contributed by atoms with E-state index in [0.29, 0.717) is 12.8 Å². The second-order valence-corrected chi connectivity index (χ2v) is 3.07. The molecule has 0 aliphatic heterocycles.